The average Bonchev–Trinajstić information content (AvgIpc) is 3.03. The molecular formula is C30H38N8O4. The maximum atomic E-state index is 13.3. The third-order valence-corrected chi connectivity index (χ3v) is 8.10. The molecule has 0 atom stereocenters. The number of piperazine rings is 1. The predicted molar refractivity (Wildman–Crippen MR) is 164 cm³/mol. The number of hydrogen-bond donors (Lipinski definition) is 4. The highest BCUT2D eigenvalue weighted by molar-refractivity contribution is 6.08. The first kappa shape index (κ1) is 28.0. The first-order valence-electron chi connectivity index (χ1n) is 14.6. The third-order valence-electron chi connectivity index (χ3n) is 8.10. The average molecular weight is 575 g/mol. The Morgan fingerprint density at radius 3 is 2.45 bits per heavy atom. The van der Waals surface area contributed by atoms with Gasteiger partial charge in [-0.1, -0.05) is 0 Å². The van der Waals surface area contributed by atoms with Crippen LogP contribution in [0.5, 0.6) is 5.88 Å². The molecule has 0 spiro atoms. The molecule has 5 heterocycles. The van der Waals surface area contributed by atoms with E-state index in [9.17, 15) is 9.59 Å². The molecule has 0 unspecified atom stereocenters. The van der Waals surface area contributed by atoms with E-state index in [2.05, 4.69) is 40.6 Å². The van der Waals surface area contributed by atoms with Gasteiger partial charge in [0.25, 0.3) is 11.5 Å². The van der Waals surface area contributed by atoms with Gasteiger partial charge in [-0.15, -0.1) is 0 Å². The molecule has 3 aliphatic rings. The predicted octanol–water partition coefficient (Wildman–Crippen LogP) is 2.33. The highest BCUT2D eigenvalue weighted by atomic mass is 16.5. The zero-order chi connectivity index (χ0) is 28.9. The number of aromatic nitrogens is 2. The van der Waals surface area contributed by atoms with Crippen LogP contribution in [0.25, 0.3) is 0 Å². The number of hydrogen-bond acceptors (Lipinski definition) is 10. The Kier molecular flexibility index (Phi) is 8.54. The molecule has 222 valence electrons. The van der Waals surface area contributed by atoms with Crippen molar-refractivity contribution in [2.45, 2.75) is 6.92 Å². The minimum atomic E-state index is -0.494. The number of pyridine rings is 2. The number of aromatic amines is 1. The lowest BCUT2D eigenvalue weighted by atomic mass is 10.1. The minimum Gasteiger partial charge on any atom is -0.474 e. The normalized spacial score (nSPS) is 17.6. The summed E-state index contributed by atoms with van der Waals surface area (Å²) in [6, 6.07) is 9.47. The van der Waals surface area contributed by atoms with Gasteiger partial charge in [0.2, 0.25) is 5.88 Å². The van der Waals surface area contributed by atoms with E-state index in [-0.39, 0.29) is 5.56 Å². The number of nitrogens with zero attached hydrogens (tertiary/aromatic N) is 4. The standard InChI is InChI=1S/C30H38N8O4/c1-21-25(20-33-30-27(21)31-8-17-42-30)35-24-6-7-32-28(39)26(24)29(40)34-22-2-4-23(5-3-22)38-13-11-36(12-14-38)9-10-37-15-18-41-19-16-37/h2-7,20,31H,8-19H2,1H3,(H,34,40)(H2,32,35,39). The number of carbonyl (C=O) groups excluding carboxylic acids is 1. The molecule has 4 N–H and O–H groups in total. The van der Waals surface area contributed by atoms with Gasteiger partial charge in [0.15, 0.2) is 0 Å². The van der Waals surface area contributed by atoms with Gasteiger partial charge in [-0.05, 0) is 37.3 Å². The van der Waals surface area contributed by atoms with Crippen LogP contribution in [-0.2, 0) is 4.74 Å². The Hall–Kier alpha value is -4.13. The number of anilines is 5. The molecule has 12 nitrogen and oxygen atoms in total. The molecule has 12 heteroatoms. The molecule has 0 radical (unpaired) electrons. The number of H-pyrrole nitrogens is 1. The second-order valence-electron chi connectivity index (χ2n) is 10.8. The Bertz CT molecular complexity index is 1450. The van der Waals surface area contributed by atoms with Gasteiger partial charge >= 0.3 is 0 Å². The van der Waals surface area contributed by atoms with Crippen LogP contribution in [0, 0.1) is 6.92 Å². The molecule has 0 aliphatic carbocycles. The molecule has 3 aliphatic heterocycles. The number of rotatable bonds is 8. The monoisotopic (exact) mass is 574 g/mol. The number of fused-ring (bicyclic) bond motifs is 1. The second-order valence-corrected chi connectivity index (χ2v) is 10.8. The van der Waals surface area contributed by atoms with E-state index in [0.29, 0.717) is 36.1 Å². The third kappa shape index (κ3) is 6.35. The fraction of sp³-hybridized carbons (Fsp3) is 0.433. The van der Waals surface area contributed by atoms with Crippen LogP contribution in [0.3, 0.4) is 0 Å². The first-order chi connectivity index (χ1) is 20.5. The fourth-order valence-corrected chi connectivity index (χ4v) is 5.59. The zero-order valence-corrected chi connectivity index (χ0v) is 23.9. The number of amides is 1. The molecule has 0 saturated carbocycles. The minimum absolute atomic E-state index is 0.00360. The van der Waals surface area contributed by atoms with Gasteiger partial charge in [0.1, 0.15) is 17.9 Å². The van der Waals surface area contributed by atoms with Crippen LogP contribution in [0.15, 0.2) is 47.5 Å². The van der Waals surface area contributed by atoms with Crippen molar-refractivity contribution in [2.75, 3.05) is 99.6 Å². The van der Waals surface area contributed by atoms with Crippen molar-refractivity contribution in [2.24, 2.45) is 0 Å². The maximum Gasteiger partial charge on any atom is 0.263 e. The Labute approximate surface area is 245 Å². The lowest BCUT2D eigenvalue weighted by Crippen LogP contribution is -2.49. The van der Waals surface area contributed by atoms with E-state index in [0.717, 1.165) is 82.5 Å². The Balaban J connectivity index is 1.07. The highest BCUT2D eigenvalue weighted by Gasteiger charge is 2.22. The van der Waals surface area contributed by atoms with Crippen molar-refractivity contribution in [3.8, 4) is 5.88 Å². The van der Waals surface area contributed by atoms with Crippen molar-refractivity contribution in [1.82, 2.24) is 19.8 Å². The SMILES string of the molecule is Cc1c(Nc2cc[nH]c(=O)c2C(=O)Nc2ccc(N3CCN(CCN4CCOCC4)CC3)cc2)cnc2c1NCCO2. The van der Waals surface area contributed by atoms with Gasteiger partial charge in [-0.2, -0.15) is 0 Å². The van der Waals surface area contributed by atoms with E-state index >= 15 is 0 Å². The number of nitrogens with one attached hydrogen (secondary N) is 4. The first-order valence-corrected chi connectivity index (χ1v) is 14.6. The van der Waals surface area contributed by atoms with E-state index in [1.807, 2.05) is 31.2 Å². The summed E-state index contributed by atoms with van der Waals surface area (Å²) in [7, 11) is 0. The van der Waals surface area contributed by atoms with Crippen molar-refractivity contribution in [3.63, 3.8) is 0 Å². The van der Waals surface area contributed by atoms with Gasteiger partial charge in [0, 0.05) is 82.0 Å². The number of carbonyl (C=O) groups is 1. The molecule has 3 aromatic rings. The van der Waals surface area contributed by atoms with E-state index < -0.39 is 11.5 Å². The Morgan fingerprint density at radius 2 is 1.69 bits per heavy atom. The number of morpholine rings is 1. The summed E-state index contributed by atoms with van der Waals surface area (Å²) < 4.78 is 11.1. The molecule has 42 heavy (non-hydrogen) atoms. The molecule has 6 rings (SSSR count). The van der Waals surface area contributed by atoms with Crippen LogP contribution in [0.2, 0.25) is 0 Å². The molecule has 1 aromatic carbocycles. The molecule has 2 fully saturated rings. The molecule has 2 saturated heterocycles. The van der Waals surface area contributed by atoms with Gasteiger partial charge < -0.3 is 35.3 Å². The molecule has 0 bridgehead atoms. The summed E-state index contributed by atoms with van der Waals surface area (Å²) in [6.45, 7) is 13.0. The van der Waals surface area contributed by atoms with Gasteiger partial charge in [0.05, 0.1) is 30.8 Å². The largest absolute Gasteiger partial charge is 0.474 e. The Morgan fingerprint density at radius 1 is 0.952 bits per heavy atom. The van der Waals surface area contributed by atoms with Crippen LogP contribution in [-0.4, -0.2) is 104 Å². The van der Waals surface area contributed by atoms with Crippen LogP contribution in [0.1, 0.15) is 15.9 Å². The highest BCUT2D eigenvalue weighted by Crippen LogP contribution is 2.34. The molecule has 2 aromatic heterocycles. The van der Waals surface area contributed by atoms with Crippen molar-refractivity contribution < 1.29 is 14.3 Å². The quantitative estimate of drug-likeness (QED) is 0.318. The zero-order valence-electron chi connectivity index (χ0n) is 23.9. The lowest BCUT2D eigenvalue weighted by Gasteiger charge is -2.37. The summed E-state index contributed by atoms with van der Waals surface area (Å²) in [5, 5.41) is 9.41. The lowest BCUT2D eigenvalue weighted by molar-refractivity contribution is 0.0331. The van der Waals surface area contributed by atoms with Crippen molar-refractivity contribution in [1.29, 1.82) is 0 Å². The summed E-state index contributed by atoms with van der Waals surface area (Å²) in [6.07, 6.45) is 3.16. The summed E-state index contributed by atoms with van der Waals surface area (Å²) in [4.78, 5) is 40.5. The fourth-order valence-electron chi connectivity index (χ4n) is 5.59. The maximum absolute atomic E-state index is 13.3. The van der Waals surface area contributed by atoms with Crippen molar-refractivity contribution in [3.05, 3.63) is 64.2 Å². The van der Waals surface area contributed by atoms with E-state index in [4.69, 9.17) is 9.47 Å². The smallest absolute Gasteiger partial charge is 0.263 e. The molecular weight excluding hydrogens is 536 g/mol. The van der Waals surface area contributed by atoms with Crippen LogP contribution in [0.4, 0.5) is 28.4 Å². The molecule has 1 amide bonds. The number of ether oxygens (including phenoxy) is 2. The summed E-state index contributed by atoms with van der Waals surface area (Å²) in [5.41, 5.74) is 4.01. The van der Waals surface area contributed by atoms with Crippen LogP contribution >= 0.6 is 0 Å². The summed E-state index contributed by atoms with van der Waals surface area (Å²) >= 11 is 0. The number of benzene rings is 1. The van der Waals surface area contributed by atoms with Gasteiger partial charge in [-0.3, -0.25) is 19.4 Å². The van der Waals surface area contributed by atoms with Gasteiger partial charge in [-0.25, -0.2) is 4.98 Å². The van der Waals surface area contributed by atoms with E-state index in [1.54, 1.807) is 12.3 Å². The van der Waals surface area contributed by atoms with E-state index in [1.165, 1.54) is 6.20 Å². The topological polar surface area (TPSA) is 127 Å². The van der Waals surface area contributed by atoms with Crippen molar-refractivity contribution >= 4 is 34.3 Å². The second kappa shape index (κ2) is 12.8. The van der Waals surface area contributed by atoms with Crippen LogP contribution < -0.4 is 31.1 Å². The summed E-state index contributed by atoms with van der Waals surface area (Å²) in [5.74, 6) is 0.0493.